The number of aromatic nitrogens is 3. The van der Waals surface area contributed by atoms with Gasteiger partial charge in [-0.2, -0.15) is 0 Å². The topological polar surface area (TPSA) is 61.1 Å². The molecule has 1 fully saturated rings. The van der Waals surface area contributed by atoms with Crippen molar-refractivity contribution < 1.29 is 9.53 Å². The first-order chi connectivity index (χ1) is 14.6. The Morgan fingerprint density at radius 3 is 2.90 bits per heavy atom. The standard InChI is InChI=1S/C24H24N4O2/c1-27-19-10-15-8-9-25-24(29)17(15)12-18(19)26-23(27)20-11-16-4-3-5-21(30-2)22(16)28(20)13-14-6-7-14/h3-5,10-12,14H,6-9,13H2,1-2H3,(H,25,29). The monoisotopic (exact) mass is 400 g/mol. The molecule has 3 heterocycles. The number of benzene rings is 2. The minimum absolute atomic E-state index is 0.00191. The van der Waals surface area contributed by atoms with Crippen molar-refractivity contribution in [3.05, 3.63) is 47.5 Å². The summed E-state index contributed by atoms with van der Waals surface area (Å²) in [5.41, 5.74) is 6.00. The van der Waals surface area contributed by atoms with Crippen molar-refractivity contribution in [1.82, 2.24) is 19.4 Å². The molecule has 1 N–H and O–H groups in total. The van der Waals surface area contributed by atoms with Gasteiger partial charge < -0.3 is 19.2 Å². The molecule has 6 nitrogen and oxygen atoms in total. The number of methoxy groups -OCH3 is 1. The number of amides is 1. The van der Waals surface area contributed by atoms with Gasteiger partial charge in [-0.05, 0) is 55.0 Å². The van der Waals surface area contributed by atoms with E-state index in [0.29, 0.717) is 6.54 Å². The van der Waals surface area contributed by atoms with E-state index in [4.69, 9.17) is 9.72 Å². The fourth-order valence-corrected chi connectivity index (χ4v) is 4.72. The fourth-order valence-electron chi connectivity index (χ4n) is 4.72. The SMILES string of the molecule is COc1cccc2cc(-c3nc4cc5c(cc4n3C)CCNC5=O)n(CC3CC3)c12. The van der Waals surface area contributed by atoms with Crippen molar-refractivity contribution in [2.75, 3.05) is 13.7 Å². The molecule has 0 radical (unpaired) electrons. The van der Waals surface area contributed by atoms with Crippen molar-refractivity contribution >= 4 is 27.8 Å². The second kappa shape index (κ2) is 6.36. The maximum atomic E-state index is 12.3. The average Bonchev–Trinajstić information content (AvgIpc) is 3.43. The van der Waals surface area contributed by atoms with Crippen LogP contribution in [0.15, 0.2) is 36.4 Å². The molecule has 6 heteroatoms. The molecule has 1 saturated carbocycles. The van der Waals surface area contributed by atoms with Crippen molar-refractivity contribution in [2.45, 2.75) is 25.8 Å². The van der Waals surface area contributed by atoms with Gasteiger partial charge in [0, 0.05) is 31.1 Å². The predicted molar refractivity (Wildman–Crippen MR) is 117 cm³/mol. The first-order valence-electron chi connectivity index (χ1n) is 10.6. The number of aryl methyl sites for hydroxylation is 1. The molecule has 2 aromatic heterocycles. The molecule has 2 aromatic carbocycles. The largest absolute Gasteiger partial charge is 0.495 e. The summed E-state index contributed by atoms with van der Waals surface area (Å²) in [6, 6.07) is 12.5. The van der Waals surface area contributed by atoms with Crippen LogP contribution in [0.3, 0.4) is 0 Å². The van der Waals surface area contributed by atoms with Gasteiger partial charge in [-0.3, -0.25) is 4.79 Å². The lowest BCUT2D eigenvalue weighted by molar-refractivity contribution is 0.0946. The van der Waals surface area contributed by atoms with Gasteiger partial charge in [0.25, 0.3) is 5.91 Å². The lowest BCUT2D eigenvalue weighted by Gasteiger charge is -2.16. The van der Waals surface area contributed by atoms with E-state index in [2.05, 4.69) is 39.7 Å². The smallest absolute Gasteiger partial charge is 0.251 e. The van der Waals surface area contributed by atoms with Crippen LogP contribution in [0.2, 0.25) is 0 Å². The molecular formula is C24H24N4O2. The minimum Gasteiger partial charge on any atom is -0.495 e. The van der Waals surface area contributed by atoms with Gasteiger partial charge in [-0.25, -0.2) is 4.98 Å². The molecule has 1 aliphatic carbocycles. The number of nitrogens with zero attached hydrogens (tertiary/aromatic N) is 3. The van der Waals surface area contributed by atoms with Crippen molar-refractivity contribution in [2.24, 2.45) is 13.0 Å². The summed E-state index contributed by atoms with van der Waals surface area (Å²) in [4.78, 5) is 17.3. The van der Waals surface area contributed by atoms with Crippen molar-refractivity contribution in [3.8, 4) is 17.3 Å². The summed E-state index contributed by atoms with van der Waals surface area (Å²) in [6.45, 7) is 1.67. The van der Waals surface area contributed by atoms with Gasteiger partial charge in [0.1, 0.15) is 5.75 Å². The van der Waals surface area contributed by atoms with E-state index < -0.39 is 0 Å². The Morgan fingerprint density at radius 1 is 1.23 bits per heavy atom. The van der Waals surface area contributed by atoms with Gasteiger partial charge >= 0.3 is 0 Å². The Kier molecular flexibility index (Phi) is 3.72. The van der Waals surface area contributed by atoms with Crippen LogP contribution in [-0.4, -0.2) is 33.7 Å². The number of hydrogen-bond donors (Lipinski definition) is 1. The Labute approximate surface area is 174 Å². The number of fused-ring (bicyclic) bond motifs is 3. The second-order valence-electron chi connectivity index (χ2n) is 8.48. The van der Waals surface area contributed by atoms with Crippen LogP contribution in [0.25, 0.3) is 33.5 Å². The highest BCUT2D eigenvalue weighted by Crippen LogP contribution is 2.39. The number of ether oxygens (including phenoxy) is 1. The van der Waals surface area contributed by atoms with Gasteiger partial charge in [0.2, 0.25) is 0 Å². The molecule has 1 aliphatic heterocycles. The van der Waals surface area contributed by atoms with Crippen LogP contribution in [0, 0.1) is 5.92 Å². The van der Waals surface area contributed by atoms with E-state index in [1.54, 1.807) is 7.11 Å². The third-order valence-corrected chi connectivity index (χ3v) is 6.50. The van der Waals surface area contributed by atoms with E-state index >= 15 is 0 Å². The molecule has 0 saturated heterocycles. The lowest BCUT2D eigenvalue weighted by atomic mass is 9.99. The van der Waals surface area contributed by atoms with Crippen LogP contribution in [0.4, 0.5) is 0 Å². The second-order valence-corrected chi connectivity index (χ2v) is 8.48. The number of hydrogen-bond acceptors (Lipinski definition) is 3. The third kappa shape index (κ3) is 2.56. The van der Waals surface area contributed by atoms with Crippen LogP contribution < -0.4 is 10.1 Å². The van der Waals surface area contributed by atoms with Gasteiger partial charge in [0.05, 0.1) is 29.4 Å². The molecule has 1 amide bonds. The molecular weight excluding hydrogens is 376 g/mol. The molecule has 0 bridgehead atoms. The summed E-state index contributed by atoms with van der Waals surface area (Å²) in [7, 11) is 3.80. The molecule has 0 atom stereocenters. The van der Waals surface area contributed by atoms with E-state index in [1.807, 2.05) is 18.2 Å². The van der Waals surface area contributed by atoms with Crippen LogP contribution in [-0.2, 0) is 20.0 Å². The predicted octanol–water partition coefficient (Wildman–Crippen LogP) is 3.90. The third-order valence-electron chi connectivity index (χ3n) is 6.50. The molecule has 2 aliphatic rings. The number of rotatable bonds is 4. The molecule has 4 aromatic rings. The molecule has 0 spiro atoms. The molecule has 30 heavy (non-hydrogen) atoms. The van der Waals surface area contributed by atoms with Crippen molar-refractivity contribution in [1.29, 1.82) is 0 Å². The quantitative estimate of drug-likeness (QED) is 0.565. The number of nitrogens with one attached hydrogen (secondary N) is 1. The first-order valence-corrected chi connectivity index (χ1v) is 10.6. The molecule has 6 rings (SSSR count). The summed E-state index contributed by atoms with van der Waals surface area (Å²) >= 11 is 0. The highest BCUT2D eigenvalue weighted by Gasteiger charge is 2.27. The Bertz CT molecular complexity index is 1330. The Balaban J connectivity index is 1.60. The molecule has 0 unspecified atom stereocenters. The van der Waals surface area contributed by atoms with Gasteiger partial charge in [0.15, 0.2) is 5.82 Å². The highest BCUT2D eigenvalue weighted by molar-refractivity contribution is 6.00. The first kappa shape index (κ1) is 17.6. The maximum absolute atomic E-state index is 12.3. The summed E-state index contributed by atoms with van der Waals surface area (Å²) in [6.07, 6.45) is 3.41. The summed E-state index contributed by atoms with van der Waals surface area (Å²) < 4.78 is 10.2. The summed E-state index contributed by atoms with van der Waals surface area (Å²) in [5, 5.41) is 4.10. The minimum atomic E-state index is -0.00191. The Hall–Kier alpha value is -3.28. The average molecular weight is 400 g/mol. The van der Waals surface area contributed by atoms with Crippen molar-refractivity contribution in [3.63, 3.8) is 0 Å². The lowest BCUT2D eigenvalue weighted by Crippen LogP contribution is -2.31. The van der Waals surface area contributed by atoms with Crippen LogP contribution in [0.5, 0.6) is 5.75 Å². The van der Waals surface area contributed by atoms with Gasteiger partial charge in [-0.15, -0.1) is 0 Å². The van der Waals surface area contributed by atoms with Crippen LogP contribution >= 0.6 is 0 Å². The Morgan fingerprint density at radius 2 is 2.10 bits per heavy atom. The summed E-state index contributed by atoms with van der Waals surface area (Å²) in [5.74, 6) is 2.53. The zero-order valence-corrected chi connectivity index (χ0v) is 17.2. The number of para-hydroxylation sites is 1. The van der Waals surface area contributed by atoms with E-state index in [0.717, 1.165) is 69.2 Å². The maximum Gasteiger partial charge on any atom is 0.251 e. The van der Waals surface area contributed by atoms with Gasteiger partial charge in [-0.1, -0.05) is 12.1 Å². The highest BCUT2D eigenvalue weighted by atomic mass is 16.5. The number of imidazole rings is 1. The normalized spacial score (nSPS) is 16.1. The number of carbonyl (C=O) groups excluding carboxylic acids is 1. The number of carbonyl (C=O) groups is 1. The van der Waals surface area contributed by atoms with E-state index in [1.165, 1.54) is 12.8 Å². The fraction of sp³-hybridized carbons (Fsp3) is 0.333. The zero-order valence-electron chi connectivity index (χ0n) is 17.2. The zero-order chi connectivity index (χ0) is 20.4. The van der Waals surface area contributed by atoms with E-state index in [-0.39, 0.29) is 5.91 Å². The van der Waals surface area contributed by atoms with E-state index in [9.17, 15) is 4.79 Å². The van der Waals surface area contributed by atoms with Crippen LogP contribution in [0.1, 0.15) is 28.8 Å². The molecule has 152 valence electrons.